The van der Waals surface area contributed by atoms with Gasteiger partial charge in [0.2, 0.25) is 0 Å². The fourth-order valence-electron chi connectivity index (χ4n) is 1.14. The maximum atomic E-state index is 5.45. The summed E-state index contributed by atoms with van der Waals surface area (Å²) in [6.07, 6.45) is 0.711. The van der Waals surface area contributed by atoms with E-state index in [-0.39, 0.29) is 0 Å². The van der Waals surface area contributed by atoms with Crippen molar-refractivity contribution in [3.63, 3.8) is 0 Å². The number of nitrogens with two attached hydrogens (primary N) is 1. The fraction of sp³-hybridized carbons (Fsp3) is 0.400. The third-order valence-corrected chi connectivity index (χ3v) is 3.13. The van der Waals surface area contributed by atoms with Crippen molar-refractivity contribution in [1.29, 1.82) is 0 Å². The normalized spacial score (nSPS) is 10.1. The van der Waals surface area contributed by atoms with Crippen molar-refractivity contribution in [2.45, 2.75) is 13.3 Å². The Hall–Kier alpha value is -0.680. The average molecular weight is 288 g/mol. The molecule has 2 N–H and O–H groups in total. The van der Waals surface area contributed by atoms with Crippen LogP contribution >= 0.6 is 28.1 Å². The van der Waals surface area contributed by atoms with E-state index in [9.17, 15) is 0 Å². The topological polar surface area (TPSA) is 42.2 Å². The third-order valence-electron chi connectivity index (χ3n) is 2.09. The van der Waals surface area contributed by atoms with Gasteiger partial charge in [-0.2, -0.15) is 0 Å². The highest BCUT2D eigenvalue weighted by Crippen LogP contribution is 2.18. The molecule has 0 radical (unpaired) electrons. The first-order valence-corrected chi connectivity index (χ1v) is 5.83. The van der Waals surface area contributed by atoms with Crippen LogP contribution in [0.5, 0.6) is 0 Å². The maximum Gasteiger partial charge on any atom is 0.128 e. The van der Waals surface area contributed by atoms with Crippen LogP contribution in [0.25, 0.3) is 0 Å². The highest BCUT2D eigenvalue weighted by Gasteiger charge is 2.04. The minimum absolute atomic E-state index is 0.538. The molecule has 0 aliphatic rings. The van der Waals surface area contributed by atoms with Crippen molar-refractivity contribution >= 4 is 39.0 Å². The molecule has 5 heteroatoms. The van der Waals surface area contributed by atoms with Gasteiger partial charge in [0.15, 0.2) is 0 Å². The lowest BCUT2D eigenvalue weighted by atomic mass is 10.3. The second kappa shape index (κ2) is 5.42. The lowest BCUT2D eigenvalue weighted by Crippen LogP contribution is -2.24. The Kier molecular flexibility index (Phi) is 4.47. The average Bonchev–Trinajstić information content (AvgIpc) is 2.18. The van der Waals surface area contributed by atoms with Crippen LogP contribution in [0.2, 0.25) is 0 Å². The van der Waals surface area contributed by atoms with Crippen LogP contribution in [0.3, 0.4) is 0 Å². The van der Waals surface area contributed by atoms with Gasteiger partial charge in [-0.05, 0) is 35.0 Å². The summed E-state index contributed by atoms with van der Waals surface area (Å²) in [6, 6.07) is 3.96. The van der Waals surface area contributed by atoms with Gasteiger partial charge in [0.25, 0.3) is 0 Å². The second-order valence-electron chi connectivity index (χ2n) is 3.37. The number of aromatic nitrogens is 1. The Morgan fingerprint density at radius 3 is 2.80 bits per heavy atom. The van der Waals surface area contributed by atoms with E-state index < -0.39 is 0 Å². The summed E-state index contributed by atoms with van der Waals surface area (Å²) in [5.41, 5.74) is 6.43. The Morgan fingerprint density at radius 2 is 2.27 bits per heavy atom. The third kappa shape index (κ3) is 3.76. The van der Waals surface area contributed by atoms with Crippen LogP contribution in [0, 0.1) is 6.92 Å². The summed E-state index contributed by atoms with van der Waals surface area (Å²) < 4.78 is 1.02. The van der Waals surface area contributed by atoms with Crippen molar-refractivity contribution in [1.82, 2.24) is 4.98 Å². The number of anilines is 1. The van der Waals surface area contributed by atoms with Gasteiger partial charge in [-0.3, -0.25) is 0 Å². The molecular formula is C10H14BrN3S. The Labute approximate surface area is 104 Å². The molecule has 0 aromatic carbocycles. The molecule has 0 atom stereocenters. The van der Waals surface area contributed by atoms with E-state index in [1.165, 1.54) is 0 Å². The zero-order chi connectivity index (χ0) is 11.4. The molecular weight excluding hydrogens is 274 g/mol. The Balaban J connectivity index is 2.69. The van der Waals surface area contributed by atoms with E-state index >= 15 is 0 Å². The van der Waals surface area contributed by atoms with Crippen LogP contribution in [0.1, 0.15) is 12.1 Å². The van der Waals surface area contributed by atoms with Crippen LogP contribution < -0.4 is 10.6 Å². The number of hydrogen-bond donors (Lipinski definition) is 1. The quantitative estimate of drug-likeness (QED) is 0.863. The molecule has 0 aliphatic carbocycles. The highest BCUT2D eigenvalue weighted by molar-refractivity contribution is 9.10. The van der Waals surface area contributed by atoms with Crippen LogP contribution in [0.4, 0.5) is 5.82 Å². The first-order chi connectivity index (χ1) is 7.00. The predicted octanol–water partition coefficient (Wildman–Crippen LogP) is 2.26. The summed E-state index contributed by atoms with van der Waals surface area (Å²) in [6.45, 7) is 2.76. The molecule has 15 heavy (non-hydrogen) atoms. The number of thiocarbonyl (C=S) groups is 1. The van der Waals surface area contributed by atoms with Gasteiger partial charge in [0.05, 0.1) is 10.7 Å². The summed E-state index contributed by atoms with van der Waals surface area (Å²) in [5.74, 6) is 0.937. The molecule has 0 bridgehead atoms. The van der Waals surface area contributed by atoms with Gasteiger partial charge in [-0.25, -0.2) is 4.98 Å². The van der Waals surface area contributed by atoms with Gasteiger partial charge in [-0.1, -0.05) is 12.2 Å². The largest absolute Gasteiger partial charge is 0.393 e. The predicted molar refractivity (Wildman–Crippen MR) is 71.3 cm³/mol. The van der Waals surface area contributed by atoms with E-state index in [2.05, 4.69) is 20.9 Å². The SMILES string of the molecule is Cc1nc(N(C)CCC(N)=S)ccc1Br. The van der Waals surface area contributed by atoms with Crippen LogP contribution in [0.15, 0.2) is 16.6 Å². The van der Waals surface area contributed by atoms with E-state index in [1.807, 2.05) is 31.0 Å². The fourth-order valence-corrected chi connectivity index (χ4v) is 1.45. The van der Waals surface area contributed by atoms with Crippen LogP contribution in [-0.2, 0) is 0 Å². The molecule has 1 aromatic heterocycles. The number of hydrogen-bond acceptors (Lipinski definition) is 3. The molecule has 0 unspecified atom stereocenters. The molecule has 1 heterocycles. The van der Waals surface area contributed by atoms with Crippen molar-refractivity contribution in [3.05, 3.63) is 22.3 Å². The number of aryl methyl sites for hydroxylation is 1. The highest BCUT2D eigenvalue weighted by atomic mass is 79.9. The number of halogens is 1. The van der Waals surface area contributed by atoms with E-state index in [1.54, 1.807) is 0 Å². The summed E-state index contributed by atoms with van der Waals surface area (Å²) in [4.78, 5) is 7.02. The summed E-state index contributed by atoms with van der Waals surface area (Å²) in [7, 11) is 1.98. The van der Waals surface area contributed by atoms with E-state index in [0.29, 0.717) is 11.4 Å². The molecule has 1 aromatic rings. The molecule has 82 valence electrons. The molecule has 1 rings (SSSR count). The van der Waals surface area contributed by atoms with Crippen molar-refractivity contribution in [3.8, 4) is 0 Å². The standard InChI is InChI=1S/C10H14BrN3S/c1-7-8(11)3-4-10(13-7)14(2)6-5-9(12)15/h3-4H,5-6H2,1-2H3,(H2,12,15). The van der Waals surface area contributed by atoms with Gasteiger partial charge < -0.3 is 10.6 Å². The second-order valence-corrected chi connectivity index (χ2v) is 4.75. The molecule has 0 fully saturated rings. The van der Waals surface area contributed by atoms with Gasteiger partial charge >= 0.3 is 0 Å². The minimum atomic E-state index is 0.538. The zero-order valence-corrected chi connectivity index (χ0v) is 11.2. The lowest BCUT2D eigenvalue weighted by molar-refractivity contribution is 0.892. The number of rotatable bonds is 4. The number of nitrogens with zero attached hydrogens (tertiary/aromatic N) is 2. The van der Waals surface area contributed by atoms with Crippen molar-refractivity contribution < 1.29 is 0 Å². The smallest absolute Gasteiger partial charge is 0.128 e. The van der Waals surface area contributed by atoms with E-state index in [4.69, 9.17) is 18.0 Å². The summed E-state index contributed by atoms with van der Waals surface area (Å²) >= 11 is 8.25. The van der Waals surface area contributed by atoms with Gasteiger partial charge in [0.1, 0.15) is 5.82 Å². The molecule has 0 amide bonds. The molecule has 3 nitrogen and oxygen atoms in total. The van der Waals surface area contributed by atoms with Gasteiger partial charge in [-0.15, -0.1) is 0 Å². The van der Waals surface area contributed by atoms with Crippen LogP contribution in [-0.4, -0.2) is 23.6 Å². The summed E-state index contributed by atoms with van der Waals surface area (Å²) in [5, 5.41) is 0. The molecule has 0 aliphatic heterocycles. The zero-order valence-electron chi connectivity index (χ0n) is 8.83. The lowest BCUT2D eigenvalue weighted by Gasteiger charge is -2.18. The first-order valence-electron chi connectivity index (χ1n) is 4.63. The number of pyridine rings is 1. The maximum absolute atomic E-state index is 5.45. The van der Waals surface area contributed by atoms with Crippen molar-refractivity contribution in [2.75, 3.05) is 18.5 Å². The molecule has 0 saturated heterocycles. The monoisotopic (exact) mass is 287 g/mol. The molecule has 0 spiro atoms. The Bertz CT molecular complexity index is 368. The Morgan fingerprint density at radius 1 is 1.60 bits per heavy atom. The van der Waals surface area contributed by atoms with Gasteiger partial charge in [0, 0.05) is 24.5 Å². The minimum Gasteiger partial charge on any atom is -0.393 e. The first kappa shape index (κ1) is 12.4. The molecule has 0 saturated carbocycles. The van der Waals surface area contributed by atoms with E-state index in [0.717, 1.165) is 22.5 Å². The van der Waals surface area contributed by atoms with Crippen molar-refractivity contribution in [2.24, 2.45) is 5.73 Å².